The average Bonchev–Trinajstić information content (AvgIpc) is 3.33. The molecular formula is C24H33N5O5S2. The normalized spacial score (nSPS) is 20.5. The average molecular weight is 536 g/mol. The van der Waals surface area contributed by atoms with Gasteiger partial charge in [0.1, 0.15) is 22.9 Å². The van der Waals surface area contributed by atoms with Crippen molar-refractivity contribution in [2.75, 3.05) is 63.8 Å². The van der Waals surface area contributed by atoms with Gasteiger partial charge in [0.15, 0.2) is 0 Å². The highest BCUT2D eigenvalue weighted by molar-refractivity contribution is 7.98. The number of nitrogens with zero attached hydrogens (tertiary/aromatic N) is 4. The van der Waals surface area contributed by atoms with E-state index in [-0.39, 0.29) is 12.1 Å². The van der Waals surface area contributed by atoms with Crippen molar-refractivity contribution in [1.82, 2.24) is 14.3 Å². The van der Waals surface area contributed by atoms with Crippen molar-refractivity contribution < 1.29 is 22.6 Å². The number of ether oxygens (including phenoxy) is 3. The highest BCUT2D eigenvalue weighted by atomic mass is 32.2. The topological polar surface area (TPSA) is 106 Å². The number of thioether (sulfide) groups is 1. The van der Waals surface area contributed by atoms with Crippen LogP contribution < -0.4 is 15.0 Å². The number of fused-ring (bicyclic) bond motifs is 1. The van der Waals surface area contributed by atoms with Gasteiger partial charge < -0.3 is 24.4 Å². The van der Waals surface area contributed by atoms with Crippen LogP contribution in [0.3, 0.4) is 0 Å². The minimum absolute atomic E-state index is 0.103. The largest absolute Gasteiger partial charge is 0.497 e. The SMILES string of the molecule is COc1ccc(C(OC)C(C)Nc2nc3c(c(N4CC(S(=O)(=O)N5CCOCC5)C4)n2)CSC3)cc1. The molecule has 3 aliphatic heterocycles. The summed E-state index contributed by atoms with van der Waals surface area (Å²) in [5, 5.41) is 3.01. The van der Waals surface area contributed by atoms with E-state index in [1.807, 2.05) is 31.2 Å². The molecule has 10 nitrogen and oxygen atoms in total. The second-order valence-corrected chi connectivity index (χ2v) is 12.4. The number of nitrogens with one attached hydrogen (secondary N) is 1. The summed E-state index contributed by atoms with van der Waals surface area (Å²) in [5.41, 5.74) is 3.14. The van der Waals surface area contributed by atoms with E-state index in [0.717, 1.165) is 39.9 Å². The van der Waals surface area contributed by atoms with Crippen LogP contribution in [0.2, 0.25) is 0 Å². The maximum Gasteiger partial charge on any atom is 0.225 e. The standard InChI is InChI=1S/C24H33N5O5S2/c1-16(22(33-3)17-4-6-18(32-2)7-5-17)25-24-26-21-15-35-14-20(21)23(27-24)28-12-19(13-28)36(30,31)29-8-10-34-11-9-29/h4-7,16,19,22H,8-15H2,1-3H3,(H,25,26,27). The zero-order valence-corrected chi connectivity index (χ0v) is 22.5. The Bertz CT molecular complexity index is 1170. The summed E-state index contributed by atoms with van der Waals surface area (Å²) < 4.78 is 44.0. The van der Waals surface area contributed by atoms with Gasteiger partial charge in [-0.2, -0.15) is 21.1 Å². The number of rotatable bonds is 9. The number of benzene rings is 1. The second-order valence-electron chi connectivity index (χ2n) is 9.23. The molecule has 1 N–H and O–H groups in total. The number of anilines is 2. The van der Waals surface area contributed by atoms with Gasteiger partial charge in [-0.25, -0.2) is 13.4 Å². The molecule has 0 amide bonds. The maximum atomic E-state index is 13.0. The monoisotopic (exact) mass is 535 g/mol. The highest BCUT2D eigenvalue weighted by Gasteiger charge is 2.43. The third kappa shape index (κ3) is 5.01. The first kappa shape index (κ1) is 25.5. The van der Waals surface area contributed by atoms with Gasteiger partial charge in [-0.05, 0) is 24.6 Å². The quantitative estimate of drug-likeness (QED) is 0.514. The molecule has 2 unspecified atom stereocenters. The second kappa shape index (κ2) is 10.7. The zero-order chi connectivity index (χ0) is 25.3. The lowest BCUT2D eigenvalue weighted by atomic mass is 10.0. The van der Waals surface area contributed by atoms with Gasteiger partial charge in [0, 0.05) is 50.4 Å². The van der Waals surface area contributed by atoms with Crippen LogP contribution in [-0.4, -0.2) is 87.6 Å². The molecule has 4 heterocycles. The fourth-order valence-electron chi connectivity index (χ4n) is 4.87. The lowest BCUT2D eigenvalue weighted by molar-refractivity contribution is 0.0724. The number of hydrogen-bond acceptors (Lipinski definition) is 10. The maximum absolute atomic E-state index is 13.0. The first-order valence-electron chi connectivity index (χ1n) is 12.1. The molecule has 1 aromatic carbocycles. The Morgan fingerprint density at radius 2 is 1.83 bits per heavy atom. The molecule has 2 atom stereocenters. The smallest absolute Gasteiger partial charge is 0.225 e. The van der Waals surface area contributed by atoms with Crippen LogP contribution in [0.25, 0.3) is 0 Å². The summed E-state index contributed by atoms with van der Waals surface area (Å²) in [5.74, 6) is 3.83. The highest BCUT2D eigenvalue weighted by Crippen LogP contribution is 2.38. The number of hydrogen-bond donors (Lipinski definition) is 1. The number of sulfonamides is 1. The summed E-state index contributed by atoms with van der Waals surface area (Å²) in [7, 11) is -0.00421. The lowest BCUT2D eigenvalue weighted by Crippen LogP contribution is -2.60. The minimum atomic E-state index is -3.34. The van der Waals surface area contributed by atoms with Crippen molar-refractivity contribution in [2.24, 2.45) is 0 Å². The van der Waals surface area contributed by atoms with Crippen LogP contribution in [0.1, 0.15) is 29.8 Å². The predicted molar refractivity (Wildman–Crippen MR) is 140 cm³/mol. The summed E-state index contributed by atoms with van der Waals surface area (Å²) in [6.07, 6.45) is -0.211. The van der Waals surface area contributed by atoms with Crippen molar-refractivity contribution in [2.45, 2.75) is 35.8 Å². The van der Waals surface area contributed by atoms with Crippen molar-refractivity contribution in [1.29, 1.82) is 0 Å². The van der Waals surface area contributed by atoms with E-state index in [0.29, 0.717) is 45.3 Å². The third-order valence-corrected chi connectivity index (χ3v) is 10.2. The molecule has 36 heavy (non-hydrogen) atoms. The van der Waals surface area contributed by atoms with Crippen LogP contribution in [0.15, 0.2) is 24.3 Å². The lowest BCUT2D eigenvalue weighted by Gasteiger charge is -2.42. The first-order valence-corrected chi connectivity index (χ1v) is 14.8. The minimum Gasteiger partial charge on any atom is -0.497 e. The molecule has 12 heteroatoms. The molecule has 5 rings (SSSR count). The molecule has 2 fully saturated rings. The Balaban J connectivity index is 1.31. The molecule has 0 aliphatic carbocycles. The van der Waals surface area contributed by atoms with Crippen LogP contribution in [0, 0.1) is 0 Å². The molecular weight excluding hydrogens is 502 g/mol. The summed E-state index contributed by atoms with van der Waals surface area (Å²) >= 11 is 1.80. The van der Waals surface area contributed by atoms with Crippen LogP contribution in [0.4, 0.5) is 11.8 Å². The third-order valence-electron chi connectivity index (χ3n) is 6.96. The van der Waals surface area contributed by atoms with Crippen LogP contribution >= 0.6 is 11.8 Å². The Kier molecular flexibility index (Phi) is 7.59. The number of aromatic nitrogens is 2. The number of methoxy groups -OCH3 is 2. The van der Waals surface area contributed by atoms with Crippen molar-refractivity contribution in [3.63, 3.8) is 0 Å². The molecule has 2 aromatic rings. The van der Waals surface area contributed by atoms with Gasteiger partial charge in [0.25, 0.3) is 0 Å². The van der Waals surface area contributed by atoms with E-state index in [1.165, 1.54) is 0 Å². The molecule has 1 aromatic heterocycles. The van der Waals surface area contributed by atoms with Gasteiger partial charge in [-0.15, -0.1) is 0 Å². The van der Waals surface area contributed by atoms with Gasteiger partial charge in [-0.1, -0.05) is 12.1 Å². The molecule has 0 spiro atoms. The predicted octanol–water partition coefficient (Wildman–Crippen LogP) is 2.27. The Labute approximate surface area is 216 Å². The molecule has 3 aliphatic rings. The Morgan fingerprint density at radius 3 is 2.50 bits per heavy atom. The van der Waals surface area contributed by atoms with Crippen molar-refractivity contribution in [3.8, 4) is 5.75 Å². The molecule has 0 saturated carbocycles. The van der Waals surface area contributed by atoms with E-state index in [1.54, 1.807) is 30.3 Å². The summed E-state index contributed by atoms with van der Waals surface area (Å²) in [6, 6.07) is 7.72. The van der Waals surface area contributed by atoms with E-state index >= 15 is 0 Å². The van der Waals surface area contributed by atoms with Gasteiger partial charge in [0.2, 0.25) is 16.0 Å². The fraction of sp³-hybridized carbons (Fsp3) is 0.583. The summed E-state index contributed by atoms with van der Waals surface area (Å²) in [6.45, 7) is 4.69. The Morgan fingerprint density at radius 1 is 1.11 bits per heavy atom. The molecule has 196 valence electrons. The molecule has 0 radical (unpaired) electrons. The fourth-order valence-corrected chi connectivity index (χ4v) is 7.72. The zero-order valence-electron chi connectivity index (χ0n) is 20.8. The van der Waals surface area contributed by atoms with Gasteiger partial charge in [0.05, 0.1) is 32.1 Å². The van der Waals surface area contributed by atoms with E-state index < -0.39 is 15.3 Å². The number of morpholine rings is 1. The molecule has 2 saturated heterocycles. The van der Waals surface area contributed by atoms with E-state index in [2.05, 4.69) is 10.2 Å². The summed E-state index contributed by atoms with van der Waals surface area (Å²) in [4.78, 5) is 11.7. The van der Waals surface area contributed by atoms with Crippen LogP contribution in [-0.2, 0) is 31.0 Å². The first-order chi connectivity index (χ1) is 17.4. The van der Waals surface area contributed by atoms with Crippen LogP contribution in [0.5, 0.6) is 5.75 Å². The Hall–Kier alpha value is -2.12. The van der Waals surface area contributed by atoms with Crippen molar-refractivity contribution in [3.05, 3.63) is 41.1 Å². The molecule has 0 bridgehead atoms. The van der Waals surface area contributed by atoms with Gasteiger partial charge in [-0.3, -0.25) is 0 Å². The van der Waals surface area contributed by atoms with Gasteiger partial charge >= 0.3 is 0 Å². The van der Waals surface area contributed by atoms with E-state index in [4.69, 9.17) is 24.2 Å². The van der Waals surface area contributed by atoms with E-state index in [9.17, 15) is 8.42 Å². The van der Waals surface area contributed by atoms with Crippen molar-refractivity contribution >= 4 is 33.6 Å².